The lowest BCUT2D eigenvalue weighted by atomic mass is 10.1. The van der Waals surface area contributed by atoms with Gasteiger partial charge in [-0.2, -0.15) is 5.10 Å². The maximum Gasteiger partial charge on any atom is 0.276 e. The van der Waals surface area contributed by atoms with Crippen LogP contribution in [0.1, 0.15) is 10.5 Å². The lowest BCUT2D eigenvalue weighted by Gasteiger charge is -2.09. The number of amides is 1. The monoisotopic (exact) mass is 376 g/mol. The standard InChI is InChI=1S/C19H16N6OS/c1-25-11-13(10-21-25)15-6-7-16(24-23-15)19(26)22-17-9-12(4-5-14(17)20)18-3-2-8-27-18/h2-11H,20H2,1H3,(H,22,26). The maximum absolute atomic E-state index is 12.5. The molecule has 3 aromatic heterocycles. The number of nitrogen functional groups attached to an aromatic ring is 1. The van der Waals surface area contributed by atoms with Crippen LogP contribution in [-0.2, 0) is 7.05 Å². The fourth-order valence-corrected chi connectivity index (χ4v) is 3.33. The van der Waals surface area contributed by atoms with Crippen LogP contribution in [0.25, 0.3) is 21.7 Å². The normalized spacial score (nSPS) is 10.7. The number of hydrogen-bond acceptors (Lipinski definition) is 6. The van der Waals surface area contributed by atoms with Crippen molar-refractivity contribution in [3.05, 3.63) is 65.9 Å². The first-order chi connectivity index (χ1) is 13.1. The Labute approximate surface area is 159 Å². The van der Waals surface area contributed by atoms with Gasteiger partial charge in [0.05, 0.1) is 23.3 Å². The van der Waals surface area contributed by atoms with Crippen LogP contribution in [0.2, 0.25) is 0 Å². The average Bonchev–Trinajstić information content (AvgIpc) is 3.35. The molecule has 27 heavy (non-hydrogen) atoms. The van der Waals surface area contributed by atoms with Crippen LogP contribution in [0.5, 0.6) is 0 Å². The number of benzene rings is 1. The van der Waals surface area contributed by atoms with Crippen molar-refractivity contribution in [1.29, 1.82) is 0 Å². The summed E-state index contributed by atoms with van der Waals surface area (Å²) in [5.41, 5.74) is 9.74. The number of rotatable bonds is 4. The van der Waals surface area contributed by atoms with Gasteiger partial charge in [0.25, 0.3) is 5.91 Å². The van der Waals surface area contributed by atoms with Gasteiger partial charge in [0.1, 0.15) is 0 Å². The molecule has 0 radical (unpaired) electrons. The Morgan fingerprint density at radius 1 is 1.15 bits per heavy atom. The highest BCUT2D eigenvalue weighted by molar-refractivity contribution is 7.13. The van der Waals surface area contributed by atoms with Gasteiger partial charge in [-0.15, -0.1) is 21.5 Å². The molecule has 1 aromatic carbocycles. The molecule has 8 heteroatoms. The largest absolute Gasteiger partial charge is 0.397 e. The van der Waals surface area contributed by atoms with Crippen molar-refractivity contribution in [1.82, 2.24) is 20.0 Å². The molecule has 0 spiro atoms. The summed E-state index contributed by atoms with van der Waals surface area (Å²) < 4.78 is 1.68. The molecule has 0 aliphatic rings. The number of carbonyl (C=O) groups excluding carboxylic acids is 1. The van der Waals surface area contributed by atoms with E-state index in [1.165, 1.54) is 0 Å². The van der Waals surface area contributed by atoms with Crippen molar-refractivity contribution < 1.29 is 4.79 Å². The molecule has 0 aliphatic carbocycles. The summed E-state index contributed by atoms with van der Waals surface area (Å²) in [4.78, 5) is 13.6. The van der Waals surface area contributed by atoms with Crippen LogP contribution in [0.4, 0.5) is 11.4 Å². The number of aromatic nitrogens is 4. The van der Waals surface area contributed by atoms with Crippen molar-refractivity contribution >= 4 is 28.6 Å². The number of nitrogens with zero attached hydrogens (tertiary/aromatic N) is 4. The van der Waals surface area contributed by atoms with E-state index in [1.54, 1.807) is 40.4 Å². The summed E-state index contributed by atoms with van der Waals surface area (Å²) in [6.07, 6.45) is 3.53. The Morgan fingerprint density at radius 2 is 2.04 bits per heavy atom. The molecule has 0 saturated heterocycles. The molecule has 0 fully saturated rings. The fourth-order valence-electron chi connectivity index (χ4n) is 2.61. The predicted octanol–water partition coefficient (Wildman–Crippen LogP) is 3.44. The number of nitrogens with two attached hydrogens (primary N) is 1. The Kier molecular flexibility index (Phi) is 4.39. The van der Waals surface area contributed by atoms with E-state index in [1.807, 2.05) is 42.9 Å². The van der Waals surface area contributed by atoms with Crippen LogP contribution in [0.3, 0.4) is 0 Å². The highest BCUT2D eigenvalue weighted by atomic mass is 32.1. The Bertz CT molecular complexity index is 1090. The zero-order valence-corrected chi connectivity index (χ0v) is 15.3. The Morgan fingerprint density at radius 3 is 2.70 bits per heavy atom. The summed E-state index contributed by atoms with van der Waals surface area (Å²) in [5.74, 6) is -0.365. The van der Waals surface area contributed by atoms with E-state index in [0.29, 0.717) is 17.1 Å². The quantitative estimate of drug-likeness (QED) is 0.532. The first-order valence-electron chi connectivity index (χ1n) is 8.17. The van der Waals surface area contributed by atoms with Gasteiger partial charge in [-0.1, -0.05) is 12.1 Å². The van der Waals surface area contributed by atoms with E-state index in [9.17, 15) is 4.79 Å². The number of aryl methyl sites for hydroxylation is 1. The maximum atomic E-state index is 12.5. The van der Waals surface area contributed by atoms with Gasteiger partial charge in [0, 0.05) is 23.7 Å². The van der Waals surface area contributed by atoms with E-state index in [2.05, 4.69) is 20.6 Å². The molecule has 0 bridgehead atoms. The minimum Gasteiger partial charge on any atom is -0.397 e. The molecule has 3 heterocycles. The van der Waals surface area contributed by atoms with Gasteiger partial charge in [0.2, 0.25) is 0 Å². The third-order valence-corrected chi connectivity index (χ3v) is 4.92. The lowest BCUT2D eigenvalue weighted by Crippen LogP contribution is -2.15. The molecule has 4 rings (SSSR count). The van der Waals surface area contributed by atoms with Crippen LogP contribution < -0.4 is 11.1 Å². The van der Waals surface area contributed by atoms with Crippen LogP contribution in [0, 0.1) is 0 Å². The summed E-state index contributed by atoms with van der Waals surface area (Å²) in [7, 11) is 1.83. The molecule has 7 nitrogen and oxygen atoms in total. The van der Waals surface area contributed by atoms with Crippen molar-refractivity contribution in [2.45, 2.75) is 0 Å². The minimum absolute atomic E-state index is 0.212. The number of hydrogen-bond donors (Lipinski definition) is 2. The first kappa shape index (κ1) is 16.9. The van der Waals surface area contributed by atoms with E-state index in [4.69, 9.17) is 5.73 Å². The molecular weight excluding hydrogens is 360 g/mol. The number of carbonyl (C=O) groups is 1. The third-order valence-electron chi connectivity index (χ3n) is 4.01. The second-order valence-corrected chi connectivity index (χ2v) is 6.89. The number of nitrogens with one attached hydrogen (secondary N) is 1. The van der Waals surface area contributed by atoms with Gasteiger partial charge >= 0.3 is 0 Å². The molecule has 1 amide bonds. The van der Waals surface area contributed by atoms with Crippen molar-refractivity contribution in [3.63, 3.8) is 0 Å². The Hall–Kier alpha value is -3.52. The molecule has 0 saturated carbocycles. The highest BCUT2D eigenvalue weighted by Gasteiger charge is 2.12. The van der Waals surface area contributed by atoms with Crippen molar-refractivity contribution in [3.8, 4) is 21.7 Å². The predicted molar refractivity (Wildman–Crippen MR) is 106 cm³/mol. The lowest BCUT2D eigenvalue weighted by molar-refractivity contribution is 0.102. The topological polar surface area (TPSA) is 98.7 Å². The van der Waals surface area contributed by atoms with Gasteiger partial charge < -0.3 is 11.1 Å². The van der Waals surface area contributed by atoms with E-state index >= 15 is 0 Å². The smallest absolute Gasteiger partial charge is 0.276 e. The average molecular weight is 376 g/mol. The molecule has 0 atom stereocenters. The van der Waals surface area contributed by atoms with Crippen molar-refractivity contribution in [2.75, 3.05) is 11.1 Å². The SMILES string of the molecule is Cn1cc(-c2ccc(C(=O)Nc3cc(-c4cccs4)ccc3N)nn2)cn1. The zero-order valence-electron chi connectivity index (χ0n) is 14.5. The van der Waals surface area contributed by atoms with Crippen LogP contribution in [-0.4, -0.2) is 25.9 Å². The van der Waals surface area contributed by atoms with Gasteiger partial charge in [0.15, 0.2) is 5.69 Å². The summed E-state index contributed by atoms with van der Waals surface area (Å²) >= 11 is 1.62. The molecule has 3 N–H and O–H groups in total. The fraction of sp³-hybridized carbons (Fsp3) is 0.0526. The van der Waals surface area contributed by atoms with Crippen LogP contribution >= 0.6 is 11.3 Å². The van der Waals surface area contributed by atoms with Gasteiger partial charge in [-0.05, 0) is 41.3 Å². The molecule has 0 unspecified atom stereocenters. The molecular formula is C19H16N6OS. The molecule has 0 aliphatic heterocycles. The van der Waals surface area contributed by atoms with Crippen molar-refractivity contribution in [2.24, 2.45) is 7.05 Å². The summed E-state index contributed by atoms with van der Waals surface area (Å²) in [5, 5.41) is 17.1. The second-order valence-electron chi connectivity index (χ2n) is 5.94. The number of thiophene rings is 1. The van der Waals surface area contributed by atoms with Gasteiger partial charge in [-0.25, -0.2) is 0 Å². The van der Waals surface area contributed by atoms with E-state index in [0.717, 1.165) is 16.0 Å². The van der Waals surface area contributed by atoms with E-state index in [-0.39, 0.29) is 11.6 Å². The first-order valence-corrected chi connectivity index (χ1v) is 9.05. The Balaban J connectivity index is 1.54. The van der Waals surface area contributed by atoms with Gasteiger partial charge in [-0.3, -0.25) is 9.48 Å². The highest BCUT2D eigenvalue weighted by Crippen LogP contribution is 2.30. The summed E-state index contributed by atoms with van der Waals surface area (Å²) in [6, 6.07) is 12.9. The zero-order chi connectivity index (χ0) is 18.8. The minimum atomic E-state index is -0.365. The number of anilines is 2. The molecule has 4 aromatic rings. The summed E-state index contributed by atoms with van der Waals surface area (Å²) in [6.45, 7) is 0. The second kappa shape index (κ2) is 7.00. The molecule has 134 valence electrons. The third kappa shape index (κ3) is 3.56. The van der Waals surface area contributed by atoms with Crippen LogP contribution in [0.15, 0.2) is 60.2 Å². The van der Waals surface area contributed by atoms with E-state index < -0.39 is 0 Å².